The zero-order valence-corrected chi connectivity index (χ0v) is 15.2. The lowest BCUT2D eigenvalue weighted by Crippen LogP contribution is -2.21. The summed E-state index contributed by atoms with van der Waals surface area (Å²) in [5.41, 5.74) is 2.56. The molecule has 0 fully saturated rings. The van der Waals surface area contributed by atoms with Crippen LogP contribution < -0.4 is 8.86 Å². The smallest absolute Gasteiger partial charge is 0.270 e. The Kier molecular flexibility index (Phi) is 5.19. The number of nitro groups is 1. The van der Waals surface area contributed by atoms with Crippen molar-refractivity contribution in [2.24, 2.45) is 17.3 Å². The highest BCUT2D eigenvalue weighted by atomic mass is 32.1. The number of rotatable bonds is 6. The molecule has 0 aliphatic carbocycles. The first-order valence-corrected chi connectivity index (χ1v) is 8.68. The monoisotopic (exact) mass is 372 g/mol. The van der Waals surface area contributed by atoms with E-state index in [0.717, 1.165) is 11.2 Å². The Morgan fingerprint density at radius 1 is 1.23 bits per heavy atom. The summed E-state index contributed by atoms with van der Waals surface area (Å²) < 4.78 is 1.90. The Morgan fingerprint density at radius 2 is 1.96 bits per heavy atom. The topological polar surface area (TPSA) is 95.2 Å². The zero-order valence-electron chi connectivity index (χ0n) is 14.4. The summed E-state index contributed by atoms with van der Waals surface area (Å²) in [6.45, 7) is 0.643. The van der Waals surface area contributed by atoms with Crippen molar-refractivity contribution in [3.05, 3.63) is 52.6 Å². The maximum atomic E-state index is 11.0. The van der Waals surface area contributed by atoms with E-state index in [1.54, 1.807) is 6.07 Å². The van der Waals surface area contributed by atoms with Gasteiger partial charge in [0.2, 0.25) is 10.5 Å². The van der Waals surface area contributed by atoms with Crippen LogP contribution >= 0.6 is 11.5 Å². The summed E-state index contributed by atoms with van der Waals surface area (Å²) in [4.78, 5) is 12.5. The first-order chi connectivity index (χ1) is 12.5. The number of likely N-dealkylation sites (N-methyl/N-ethyl adjacent to an activating group) is 1. The average Bonchev–Trinajstić information content (AvgIpc) is 2.96. The Bertz CT molecular complexity index is 968. The minimum Gasteiger partial charge on any atom is -0.395 e. The highest BCUT2D eigenvalue weighted by Gasteiger charge is 2.19. The fourth-order valence-electron chi connectivity index (χ4n) is 2.54. The molecule has 2 aromatic carbocycles. The van der Waals surface area contributed by atoms with Gasteiger partial charge in [-0.05, 0) is 24.3 Å². The van der Waals surface area contributed by atoms with Crippen molar-refractivity contribution in [3.8, 4) is 0 Å². The molecule has 9 heteroatoms. The van der Waals surface area contributed by atoms with Gasteiger partial charge in [0.1, 0.15) is 0 Å². The SMILES string of the molecule is CN(CCO)c1ccc(N=Nc2s[n+](C)c3ccc([N+](=O)[O-])cc23)cc1. The molecule has 134 valence electrons. The summed E-state index contributed by atoms with van der Waals surface area (Å²) in [5, 5.41) is 29.8. The summed E-state index contributed by atoms with van der Waals surface area (Å²) in [6.07, 6.45) is 0. The molecule has 1 heterocycles. The predicted octanol–water partition coefficient (Wildman–Crippen LogP) is 3.48. The molecule has 0 aliphatic rings. The summed E-state index contributed by atoms with van der Waals surface area (Å²) in [6, 6.07) is 12.2. The molecule has 0 amide bonds. The third kappa shape index (κ3) is 3.68. The molecule has 0 radical (unpaired) electrons. The van der Waals surface area contributed by atoms with E-state index in [9.17, 15) is 10.1 Å². The number of aliphatic hydroxyl groups is 1. The van der Waals surface area contributed by atoms with Crippen molar-refractivity contribution < 1.29 is 14.0 Å². The van der Waals surface area contributed by atoms with Crippen LogP contribution in [0.3, 0.4) is 0 Å². The lowest BCUT2D eigenvalue weighted by Gasteiger charge is -2.17. The lowest BCUT2D eigenvalue weighted by atomic mass is 10.2. The van der Waals surface area contributed by atoms with Gasteiger partial charge in [-0.1, -0.05) is 0 Å². The van der Waals surface area contributed by atoms with Crippen LogP contribution in [0.25, 0.3) is 10.9 Å². The third-order valence-electron chi connectivity index (χ3n) is 3.97. The Labute approximate surface area is 153 Å². The van der Waals surface area contributed by atoms with Crippen molar-refractivity contribution in [1.29, 1.82) is 0 Å². The Hall–Kier alpha value is -2.91. The summed E-state index contributed by atoms with van der Waals surface area (Å²) >= 11 is 1.38. The number of aliphatic hydroxyl groups excluding tert-OH is 1. The number of aromatic nitrogens is 1. The van der Waals surface area contributed by atoms with E-state index in [2.05, 4.69) is 10.2 Å². The predicted molar refractivity (Wildman–Crippen MR) is 101 cm³/mol. The number of non-ortho nitro benzene ring substituents is 1. The number of hydrogen-bond acceptors (Lipinski definition) is 7. The molecule has 0 atom stereocenters. The van der Waals surface area contributed by atoms with E-state index >= 15 is 0 Å². The Morgan fingerprint density at radius 3 is 2.62 bits per heavy atom. The zero-order chi connectivity index (χ0) is 18.7. The molecule has 3 aromatic rings. The number of hydrogen-bond donors (Lipinski definition) is 1. The van der Waals surface area contributed by atoms with Crippen LogP contribution in [-0.4, -0.2) is 30.2 Å². The second-order valence-corrected chi connectivity index (χ2v) is 6.83. The molecule has 0 saturated carbocycles. The molecular weight excluding hydrogens is 354 g/mol. The first-order valence-electron chi connectivity index (χ1n) is 7.91. The number of benzene rings is 2. The van der Waals surface area contributed by atoms with Gasteiger partial charge in [-0.25, -0.2) is 0 Å². The van der Waals surface area contributed by atoms with Crippen molar-refractivity contribution in [3.63, 3.8) is 0 Å². The van der Waals surface area contributed by atoms with Crippen LogP contribution in [0.15, 0.2) is 52.7 Å². The molecule has 8 nitrogen and oxygen atoms in total. The van der Waals surface area contributed by atoms with E-state index in [1.807, 2.05) is 47.2 Å². The molecule has 0 spiro atoms. The fourth-order valence-corrected chi connectivity index (χ4v) is 3.40. The maximum absolute atomic E-state index is 11.0. The van der Waals surface area contributed by atoms with Crippen molar-refractivity contribution in [2.45, 2.75) is 0 Å². The van der Waals surface area contributed by atoms with Gasteiger partial charge < -0.3 is 10.0 Å². The minimum atomic E-state index is -0.417. The largest absolute Gasteiger partial charge is 0.395 e. The van der Waals surface area contributed by atoms with Gasteiger partial charge in [0.15, 0.2) is 18.6 Å². The van der Waals surface area contributed by atoms with Crippen molar-refractivity contribution in [2.75, 3.05) is 25.1 Å². The van der Waals surface area contributed by atoms with Crippen LogP contribution in [0.2, 0.25) is 0 Å². The number of fused-ring (bicyclic) bond motifs is 1. The van der Waals surface area contributed by atoms with Crippen molar-refractivity contribution >= 4 is 44.5 Å². The second kappa shape index (κ2) is 7.54. The van der Waals surface area contributed by atoms with Crippen LogP contribution in [0.4, 0.5) is 22.1 Å². The van der Waals surface area contributed by atoms with Crippen LogP contribution in [0.1, 0.15) is 0 Å². The van der Waals surface area contributed by atoms with Crippen LogP contribution in [0, 0.1) is 10.1 Å². The molecule has 3 rings (SSSR count). The highest BCUT2D eigenvalue weighted by Crippen LogP contribution is 2.33. The van der Waals surface area contributed by atoms with Gasteiger partial charge in [-0.15, -0.1) is 14.2 Å². The third-order valence-corrected chi connectivity index (χ3v) is 4.91. The quantitative estimate of drug-likeness (QED) is 0.310. The van der Waals surface area contributed by atoms with Crippen LogP contribution in [0.5, 0.6) is 0 Å². The van der Waals surface area contributed by atoms with Gasteiger partial charge in [0.25, 0.3) is 5.69 Å². The number of aryl methyl sites for hydroxylation is 1. The van der Waals surface area contributed by atoms with E-state index in [-0.39, 0.29) is 12.3 Å². The van der Waals surface area contributed by atoms with Gasteiger partial charge in [0.05, 0.1) is 22.6 Å². The standard InChI is InChI=1S/C17H18N5O3S/c1-20(9-10-23)13-5-3-12(4-6-13)18-19-17-15-11-14(22(24)25)7-8-16(15)21(2)26-17/h3-8,11,23H,9-10H2,1-2H3/q+1. The second-order valence-electron chi connectivity index (χ2n) is 5.71. The van der Waals surface area contributed by atoms with E-state index in [0.29, 0.717) is 22.6 Å². The van der Waals surface area contributed by atoms with E-state index in [1.165, 1.54) is 23.7 Å². The van der Waals surface area contributed by atoms with Gasteiger partial charge in [-0.3, -0.25) is 10.1 Å². The minimum absolute atomic E-state index is 0.0311. The lowest BCUT2D eigenvalue weighted by molar-refractivity contribution is -0.573. The van der Waals surface area contributed by atoms with Gasteiger partial charge in [-0.2, -0.15) is 0 Å². The molecular formula is C17H18N5O3S+. The molecule has 0 aliphatic heterocycles. The summed E-state index contributed by atoms with van der Waals surface area (Å²) in [5.74, 6) is 0. The molecule has 1 N–H and O–H groups in total. The van der Waals surface area contributed by atoms with Gasteiger partial charge in [0, 0.05) is 37.5 Å². The Balaban J connectivity index is 1.88. The van der Waals surface area contributed by atoms with Gasteiger partial charge >= 0.3 is 0 Å². The normalized spacial score (nSPS) is 11.3. The van der Waals surface area contributed by atoms with E-state index in [4.69, 9.17) is 5.11 Å². The number of nitro benzene ring substituents is 1. The number of azo groups is 1. The number of anilines is 1. The summed E-state index contributed by atoms with van der Waals surface area (Å²) in [7, 11) is 3.78. The molecule has 26 heavy (non-hydrogen) atoms. The maximum Gasteiger partial charge on any atom is 0.270 e. The molecule has 0 bridgehead atoms. The fraction of sp³-hybridized carbons (Fsp3) is 0.235. The average molecular weight is 372 g/mol. The first kappa shape index (κ1) is 17.9. The van der Waals surface area contributed by atoms with Crippen LogP contribution in [-0.2, 0) is 7.05 Å². The molecule has 0 saturated heterocycles. The number of nitrogens with zero attached hydrogens (tertiary/aromatic N) is 5. The van der Waals surface area contributed by atoms with Crippen molar-refractivity contribution in [1.82, 2.24) is 0 Å². The highest BCUT2D eigenvalue weighted by molar-refractivity contribution is 7.07. The van der Waals surface area contributed by atoms with E-state index < -0.39 is 4.92 Å². The molecule has 0 unspecified atom stereocenters. The molecule has 1 aromatic heterocycles.